The Hall–Kier alpha value is -1.86. The molecule has 3 heterocycles. The van der Waals surface area contributed by atoms with E-state index >= 15 is 0 Å². The minimum atomic E-state index is -0.269. The fourth-order valence-electron chi connectivity index (χ4n) is 4.48. The lowest BCUT2D eigenvalue weighted by molar-refractivity contribution is -0.0172. The van der Waals surface area contributed by atoms with E-state index in [1.54, 1.807) is 0 Å². The van der Waals surface area contributed by atoms with Crippen LogP contribution >= 0.6 is 0 Å². The number of nitrogens with zero attached hydrogens (tertiary/aromatic N) is 3. The van der Waals surface area contributed by atoms with E-state index in [9.17, 15) is 4.39 Å². The summed E-state index contributed by atoms with van der Waals surface area (Å²) in [6, 6.07) is 3.63. The third kappa shape index (κ3) is 4.41. The molecule has 6 nitrogen and oxygen atoms in total. The van der Waals surface area contributed by atoms with E-state index in [1.807, 2.05) is 0 Å². The first-order chi connectivity index (χ1) is 13.7. The minimum Gasteiger partial charge on any atom is -0.467 e. The number of halogens is 1. The molecule has 0 aliphatic carbocycles. The minimum absolute atomic E-state index is 0.207. The third-order valence-corrected chi connectivity index (χ3v) is 5.86. The van der Waals surface area contributed by atoms with Gasteiger partial charge in [-0.05, 0) is 51.4 Å². The zero-order chi connectivity index (χ0) is 19.3. The number of aliphatic imine (C=N–C) groups is 1. The van der Waals surface area contributed by atoms with Crippen LogP contribution < -0.4 is 10.1 Å². The van der Waals surface area contributed by atoms with Crippen molar-refractivity contribution >= 4 is 5.96 Å². The van der Waals surface area contributed by atoms with Gasteiger partial charge in [0, 0.05) is 36.8 Å². The first-order valence-electron chi connectivity index (χ1n) is 10.5. The second-order valence-electron chi connectivity index (χ2n) is 7.82. The van der Waals surface area contributed by atoms with Gasteiger partial charge in [0.1, 0.15) is 11.6 Å². The van der Waals surface area contributed by atoms with Crippen molar-refractivity contribution in [2.24, 2.45) is 4.99 Å². The maximum Gasteiger partial charge on any atom is 0.194 e. The number of benzene rings is 1. The number of fused-ring (bicyclic) bond motifs is 1. The number of piperidine rings is 1. The quantitative estimate of drug-likeness (QED) is 0.633. The van der Waals surface area contributed by atoms with Gasteiger partial charge in [0.15, 0.2) is 12.8 Å². The van der Waals surface area contributed by atoms with Gasteiger partial charge in [-0.2, -0.15) is 0 Å². The van der Waals surface area contributed by atoms with Crippen molar-refractivity contribution in [3.05, 3.63) is 29.1 Å². The Bertz CT molecular complexity index is 706. The molecule has 1 N–H and O–H groups in total. The number of nitrogens with one attached hydrogen (secondary N) is 1. The Balaban J connectivity index is 1.46. The van der Waals surface area contributed by atoms with Crippen LogP contribution in [0.1, 0.15) is 43.7 Å². The van der Waals surface area contributed by atoms with Gasteiger partial charge in [-0.1, -0.05) is 6.42 Å². The predicted molar refractivity (Wildman–Crippen MR) is 107 cm³/mol. The monoisotopic (exact) mass is 390 g/mol. The molecule has 3 aliphatic rings. The number of rotatable bonds is 4. The van der Waals surface area contributed by atoms with Crippen molar-refractivity contribution in [2.45, 2.75) is 51.8 Å². The molecule has 0 saturated carbocycles. The summed E-state index contributed by atoms with van der Waals surface area (Å²) in [5, 5.41) is 3.41. The van der Waals surface area contributed by atoms with Crippen LogP contribution in [-0.2, 0) is 17.9 Å². The molecule has 4 rings (SSSR count). The average molecular weight is 391 g/mol. The van der Waals surface area contributed by atoms with Crippen LogP contribution in [0, 0.1) is 5.82 Å². The van der Waals surface area contributed by atoms with Crippen molar-refractivity contribution in [1.29, 1.82) is 0 Å². The number of guanidine groups is 1. The van der Waals surface area contributed by atoms with Crippen LogP contribution in [0.3, 0.4) is 0 Å². The van der Waals surface area contributed by atoms with E-state index < -0.39 is 0 Å². The molecule has 3 aliphatic heterocycles. The molecule has 0 bridgehead atoms. The van der Waals surface area contributed by atoms with E-state index in [4.69, 9.17) is 14.5 Å². The maximum atomic E-state index is 14.0. The highest BCUT2D eigenvalue weighted by molar-refractivity contribution is 5.80. The summed E-state index contributed by atoms with van der Waals surface area (Å²) in [4.78, 5) is 9.81. The Morgan fingerprint density at radius 1 is 1.25 bits per heavy atom. The standard InChI is InChI=1S/C21H31FN4O2/c1-2-23-21(26-9-6-19(13-26)25-7-4-3-5-8-25)24-12-16-10-18(22)11-17-14-27-15-28-20(16)17/h10-11,19H,2-9,12-15H2,1H3,(H,23,24). The van der Waals surface area contributed by atoms with Crippen LogP contribution in [0.5, 0.6) is 5.75 Å². The number of ether oxygens (including phenoxy) is 2. The number of hydrogen-bond acceptors (Lipinski definition) is 4. The normalized spacial score (nSPS) is 23.4. The van der Waals surface area contributed by atoms with Crippen molar-refractivity contribution < 1.29 is 13.9 Å². The molecular formula is C21H31FN4O2. The van der Waals surface area contributed by atoms with E-state index in [1.165, 1.54) is 50.9 Å². The molecule has 0 aromatic heterocycles. The molecule has 1 atom stereocenters. The average Bonchev–Trinajstić information content (AvgIpc) is 3.21. The van der Waals surface area contributed by atoms with Gasteiger partial charge < -0.3 is 19.7 Å². The van der Waals surface area contributed by atoms with Gasteiger partial charge in [0.25, 0.3) is 0 Å². The van der Waals surface area contributed by atoms with Crippen molar-refractivity contribution in [1.82, 2.24) is 15.1 Å². The molecular weight excluding hydrogens is 359 g/mol. The summed E-state index contributed by atoms with van der Waals surface area (Å²) in [5.74, 6) is 1.36. The van der Waals surface area contributed by atoms with E-state index in [2.05, 4.69) is 22.0 Å². The second-order valence-corrected chi connectivity index (χ2v) is 7.82. The van der Waals surface area contributed by atoms with Crippen LogP contribution in [0.15, 0.2) is 17.1 Å². The Morgan fingerprint density at radius 2 is 2.11 bits per heavy atom. The lowest BCUT2D eigenvalue weighted by atomic mass is 10.1. The molecule has 28 heavy (non-hydrogen) atoms. The number of hydrogen-bond donors (Lipinski definition) is 1. The topological polar surface area (TPSA) is 49.3 Å². The number of likely N-dealkylation sites (tertiary alicyclic amines) is 2. The lowest BCUT2D eigenvalue weighted by Crippen LogP contribution is -2.44. The molecule has 2 fully saturated rings. The molecule has 0 spiro atoms. The van der Waals surface area contributed by atoms with Crippen LogP contribution in [0.25, 0.3) is 0 Å². The highest BCUT2D eigenvalue weighted by Gasteiger charge is 2.30. The van der Waals surface area contributed by atoms with E-state index in [0.29, 0.717) is 19.2 Å². The van der Waals surface area contributed by atoms with Crippen LogP contribution in [0.2, 0.25) is 0 Å². The fourth-order valence-corrected chi connectivity index (χ4v) is 4.48. The summed E-state index contributed by atoms with van der Waals surface area (Å²) in [5.41, 5.74) is 1.54. The zero-order valence-corrected chi connectivity index (χ0v) is 16.8. The summed E-state index contributed by atoms with van der Waals surface area (Å²) < 4.78 is 24.9. The molecule has 1 unspecified atom stereocenters. The van der Waals surface area contributed by atoms with Gasteiger partial charge in [-0.25, -0.2) is 9.38 Å². The molecule has 1 aromatic carbocycles. The van der Waals surface area contributed by atoms with Crippen molar-refractivity contribution in [3.8, 4) is 5.75 Å². The van der Waals surface area contributed by atoms with Gasteiger partial charge in [-0.3, -0.25) is 4.90 Å². The van der Waals surface area contributed by atoms with Crippen molar-refractivity contribution in [2.75, 3.05) is 39.5 Å². The summed E-state index contributed by atoms with van der Waals surface area (Å²) in [7, 11) is 0. The van der Waals surface area contributed by atoms with E-state index in [0.717, 1.165) is 42.5 Å². The molecule has 0 amide bonds. The molecule has 154 valence electrons. The Kier molecular flexibility index (Phi) is 6.32. The summed E-state index contributed by atoms with van der Waals surface area (Å²) in [6.45, 7) is 8.35. The van der Waals surface area contributed by atoms with E-state index in [-0.39, 0.29) is 12.6 Å². The highest BCUT2D eigenvalue weighted by atomic mass is 19.1. The van der Waals surface area contributed by atoms with Gasteiger partial charge >= 0.3 is 0 Å². The van der Waals surface area contributed by atoms with Crippen LogP contribution in [-0.4, -0.2) is 61.3 Å². The molecule has 7 heteroatoms. The second kappa shape index (κ2) is 9.09. The van der Waals surface area contributed by atoms with Gasteiger partial charge in [-0.15, -0.1) is 0 Å². The van der Waals surface area contributed by atoms with Gasteiger partial charge in [0.2, 0.25) is 0 Å². The Morgan fingerprint density at radius 3 is 2.93 bits per heavy atom. The summed E-state index contributed by atoms with van der Waals surface area (Å²) >= 11 is 0. The zero-order valence-electron chi connectivity index (χ0n) is 16.8. The van der Waals surface area contributed by atoms with Crippen molar-refractivity contribution in [3.63, 3.8) is 0 Å². The first-order valence-corrected chi connectivity index (χ1v) is 10.5. The first kappa shape index (κ1) is 19.5. The Labute approximate surface area is 166 Å². The third-order valence-electron chi connectivity index (χ3n) is 5.86. The largest absolute Gasteiger partial charge is 0.467 e. The predicted octanol–water partition coefficient (Wildman–Crippen LogP) is 2.72. The highest BCUT2D eigenvalue weighted by Crippen LogP contribution is 2.30. The fraction of sp³-hybridized carbons (Fsp3) is 0.667. The maximum absolute atomic E-state index is 14.0. The molecule has 1 aromatic rings. The lowest BCUT2D eigenvalue weighted by Gasteiger charge is -2.32. The van der Waals surface area contributed by atoms with Gasteiger partial charge in [0.05, 0.1) is 13.2 Å². The molecule has 2 saturated heterocycles. The summed E-state index contributed by atoms with van der Waals surface area (Å²) in [6.07, 6.45) is 5.18. The smallest absolute Gasteiger partial charge is 0.194 e. The SMILES string of the molecule is CCNC(=NCc1cc(F)cc2c1OCOC2)N1CCC(N2CCCCC2)C1. The molecule has 0 radical (unpaired) electrons. The van der Waals surface area contributed by atoms with Crippen LogP contribution in [0.4, 0.5) is 4.39 Å².